The molecule has 4 aliphatic carbocycles. The van der Waals surface area contributed by atoms with Crippen molar-refractivity contribution in [1.29, 1.82) is 0 Å². The van der Waals surface area contributed by atoms with E-state index < -0.39 is 5.60 Å². The van der Waals surface area contributed by atoms with Crippen LogP contribution in [0.25, 0.3) is 0 Å². The quantitative estimate of drug-likeness (QED) is 0.822. The molecule has 1 heterocycles. The molecular formula is C14H18N2O2. The van der Waals surface area contributed by atoms with Gasteiger partial charge in [0.2, 0.25) is 5.91 Å². The minimum absolute atomic E-state index is 0.146. The van der Waals surface area contributed by atoms with Crippen molar-refractivity contribution in [3.05, 3.63) is 18.7 Å². The minimum Gasteiger partial charge on any atom is -0.390 e. The van der Waals surface area contributed by atoms with Crippen molar-refractivity contribution in [3.63, 3.8) is 0 Å². The zero-order chi connectivity index (χ0) is 12.4. The number of aromatic nitrogens is 2. The summed E-state index contributed by atoms with van der Waals surface area (Å²) in [5.74, 6) is 1.24. The average molecular weight is 246 g/mol. The van der Waals surface area contributed by atoms with Gasteiger partial charge in [-0.25, -0.2) is 4.98 Å². The molecule has 0 spiro atoms. The van der Waals surface area contributed by atoms with Crippen LogP contribution in [0.4, 0.5) is 0 Å². The SMILES string of the molecule is O=C(n1ccnc1)C12CC3CC(CC(O)(C3)C1)C2. The van der Waals surface area contributed by atoms with Gasteiger partial charge >= 0.3 is 0 Å². The Bertz CT molecular complexity index is 480. The highest BCUT2D eigenvalue weighted by Gasteiger charge is 2.60. The molecule has 4 nitrogen and oxygen atoms in total. The second-order valence-corrected chi connectivity index (χ2v) is 6.74. The third-order valence-corrected chi connectivity index (χ3v) is 5.22. The van der Waals surface area contributed by atoms with Gasteiger partial charge < -0.3 is 5.11 Å². The molecule has 4 fully saturated rings. The van der Waals surface area contributed by atoms with Crippen LogP contribution in [0.15, 0.2) is 18.7 Å². The van der Waals surface area contributed by atoms with Crippen LogP contribution in [0.2, 0.25) is 0 Å². The van der Waals surface area contributed by atoms with Crippen molar-refractivity contribution < 1.29 is 9.90 Å². The van der Waals surface area contributed by atoms with Crippen LogP contribution >= 0.6 is 0 Å². The number of carbonyl (C=O) groups excluding carboxylic acids is 1. The summed E-state index contributed by atoms with van der Waals surface area (Å²) in [7, 11) is 0. The van der Waals surface area contributed by atoms with Crippen LogP contribution in [-0.4, -0.2) is 26.2 Å². The van der Waals surface area contributed by atoms with E-state index in [0.29, 0.717) is 18.3 Å². The molecule has 0 aromatic carbocycles. The number of hydrogen-bond donors (Lipinski definition) is 1. The van der Waals surface area contributed by atoms with E-state index in [1.165, 1.54) is 6.42 Å². The van der Waals surface area contributed by atoms with Crippen molar-refractivity contribution in [2.75, 3.05) is 0 Å². The summed E-state index contributed by atoms with van der Waals surface area (Å²) >= 11 is 0. The number of nitrogens with zero attached hydrogens (tertiary/aromatic N) is 2. The van der Waals surface area contributed by atoms with E-state index in [4.69, 9.17) is 0 Å². The third-order valence-electron chi connectivity index (χ3n) is 5.22. The summed E-state index contributed by atoms with van der Waals surface area (Å²) in [5, 5.41) is 10.6. The van der Waals surface area contributed by atoms with Gasteiger partial charge in [0.25, 0.3) is 0 Å². The Labute approximate surface area is 106 Å². The molecule has 4 heteroatoms. The molecule has 0 radical (unpaired) electrons. The van der Waals surface area contributed by atoms with Crippen LogP contribution in [0.1, 0.15) is 43.3 Å². The topological polar surface area (TPSA) is 55.1 Å². The maximum absolute atomic E-state index is 12.7. The van der Waals surface area contributed by atoms with Gasteiger partial charge in [-0.05, 0) is 50.4 Å². The first-order valence-corrected chi connectivity index (χ1v) is 6.84. The van der Waals surface area contributed by atoms with Crippen molar-refractivity contribution in [1.82, 2.24) is 9.55 Å². The number of hydrogen-bond acceptors (Lipinski definition) is 3. The van der Waals surface area contributed by atoms with Gasteiger partial charge in [-0.15, -0.1) is 0 Å². The summed E-state index contributed by atoms with van der Waals surface area (Å²) in [5.41, 5.74) is -0.889. The lowest BCUT2D eigenvalue weighted by atomic mass is 9.47. The summed E-state index contributed by atoms with van der Waals surface area (Å²) in [4.78, 5) is 16.7. The van der Waals surface area contributed by atoms with Gasteiger partial charge in [0, 0.05) is 12.4 Å². The molecule has 4 saturated carbocycles. The summed E-state index contributed by atoms with van der Waals surface area (Å²) in [6.45, 7) is 0. The summed E-state index contributed by atoms with van der Waals surface area (Å²) in [6.07, 6.45) is 10.6. The zero-order valence-electron chi connectivity index (χ0n) is 10.4. The minimum atomic E-state index is -0.569. The molecule has 2 atom stereocenters. The van der Waals surface area contributed by atoms with Gasteiger partial charge in [0.1, 0.15) is 6.33 Å². The lowest BCUT2D eigenvalue weighted by molar-refractivity contribution is -0.149. The van der Waals surface area contributed by atoms with E-state index in [2.05, 4.69) is 4.98 Å². The molecule has 1 aromatic rings. The van der Waals surface area contributed by atoms with Gasteiger partial charge in [0.15, 0.2) is 0 Å². The molecule has 2 unspecified atom stereocenters. The first-order chi connectivity index (χ1) is 8.59. The Kier molecular flexibility index (Phi) is 1.93. The molecule has 18 heavy (non-hydrogen) atoms. The van der Waals surface area contributed by atoms with Crippen LogP contribution < -0.4 is 0 Å². The van der Waals surface area contributed by atoms with E-state index in [1.807, 2.05) is 0 Å². The second kappa shape index (κ2) is 3.23. The molecular weight excluding hydrogens is 228 g/mol. The molecule has 5 rings (SSSR count). The Morgan fingerprint density at radius 2 is 2.00 bits per heavy atom. The number of carbonyl (C=O) groups is 1. The van der Waals surface area contributed by atoms with Crippen molar-refractivity contribution in [2.45, 2.75) is 44.1 Å². The van der Waals surface area contributed by atoms with Crippen LogP contribution in [0.5, 0.6) is 0 Å². The smallest absolute Gasteiger partial charge is 0.238 e. The van der Waals surface area contributed by atoms with Gasteiger partial charge in [-0.3, -0.25) is 9.36 Å². The Morgan fingerprint density at radius 3 is 2.56 bits per heavy atom. The first-order valence-electron chi connectivity index (χ1n) is 6.84. The molecule has 4 bridgehead atoms. The predicted octanol–water partition coefficient (Wildman–Crippen LogP) is 1.85. The van der Waals surface area contributed by atoms with E-state index in [-0.39, 0.29) is 11.3 Å². The fourth-order valence-corrected chi connectivity index (χ4v) is 5.12. The lowest BCUT2D eigenvalue weighted by Crippen LogP contribution is -2.58. The van der Waals surface area contributed by atoms with Gasteiger partial charge in [-0.2, -0.15) is 0 Å². The van der Waals surface area contributed by atoms with Gasteiger partial charge in [0.05, 0.1) is 11.0 Å². The Balaban J connectivity index is 1.73. The normalized spacial score (nSPS) is 45.4. The zero-order valence-corrected chi connectivity index (χ0v) is 10.4. The van der Waals surface area contributed by atoms with Gasteiger partial charge in [-0.1, -0.05) is 0 Å². The van der Waals surface area contributed by atoms with E-state index in [1.54, 1.807) is 23.3 Å². The van der Waals surface area contributed by atoms with Crippen molar-refractivity contribution in [2.24, 2.45) is 17.3 Å². The summed E-state index contributed by atoms with van der Waals surface area (Å²) in [6, 6.07) is 0. The molecule has 96 valence electrons. The molecule has 4 aliphatic rings. The largest absolute Gasteiger partial charge is 0.390 e. The number of rotatable bonds is 1. The van der Waals surface area contributed by atoms with Crippen LogP contribution in [0, 0.1) is 17.3 Å². The first kappa shape index (κ1) is 10.7. The number of aliphatic hydroxyl groups is 1. The fourth-order valence-electron chi connectivity index (χ4n) is 5.12. The van der Waals surface area contributed by atoms with Crippen molar-refractivity contribution in [3.8, 4) is 0 Å². The highest BCUT2D eigenvalue weighted by atomic mass is 16.3. The lowest BCUT2D eigenvalue weighted by Gasteiger charge is -2.59. The standard InChI is InChI=1S/C14H18N2O2/c17-12(16-2-1-15-9-16)13-4-10-3-11(5-13)7-14(18,6-10)8-13/h1-2,9-11,18H,3-8H2. The molecule has 1 N–H and O–H groups in total. The van der Waals surface area contributed by atoms with E-state index in [9.17, 15) is 9.90 Å². The second-order valence-electron chi connectivity index (χ2n) is 6.74. The average Bonchev–Trinajstić information content (AvgIpc) is 2.77. The van der Waals surface area contributed by atoms with E-state index >= 15 is 0 Å². The highest BCUT2D eigenvalue weighted by molar-refractivity contribution is 5.85. The Hall–Kier alpha value is -1.16. The molecule has 0 saturated heterocycles. The number of imidazole rings is 1. The molecule has 1 aromatic heterocycles. The van der Waals surface area contributed by atoms with Crippen molar-refractivity contribution >= 4 is 5.91 Å². The fraction of sp³-hybridized carbons (Fsp3) is 0.714. The van der Waals surface area contributed by atoms with E-state index in [0.717, 1.165) is 25.7 Å². The highest BCUT2D eigenvalue weighted by Crippen LogP contribution is 2.61. The summed E-state index contributed by atoms with van der Waals surface area (Å²) < 4.78 is 1.61. The monoisotopic (exact) mass is 246 g/mol. The predicted molar refractivity (Wildman–Crippen MR) is 64.9 cm³/mol. The molecule has 0 amide bonds. The van der Waals surface area contributed by atoms with Crippen LogP contribution in [-0.2, 0) is 0 Å². The Morgan fingerprint density at radius 1 is 1.28 bits per heavy atom. The third kappa shape index (κ3) is 1.35. The molecule has 0 aliphatic heterocycles. The van der Waals surface area contributed by atoms with Crippen LogP contribution in [0.3, 0.4) is 0 Å². The maximum atomic E-state index is 12.7. The maximum Gasteiger partial charge on any atom is 0.238 e.